The van der Waals surface area contributed by atoms with E-state index >= 15 is 0 Å². The third-order valence-corrected chi connectivity index (χ3v) is 3.86. The monoisotopic (exact) mass is 277 g/mol. The summed E-state index contributed by atoms with van der Waals surface area (Å²) in [4.78, 5) is 16.3. The molecule has 0 amide bonds. The second kappa shape index (κ2) is 5.84. The van der Waals surface area contributed by atoms with Crippen LogP contribution in [0, 0.1) is 0 Å². The SMILES string of the molecule is CCCc1sc(-c2ccccc2OC)nc1C(=O)O. The molecule has 2 rings (SSSR count). The number of benzene rings is 1. The maximum Gasteiger partial charge on any atom is 0.355 e. The molecule has 0 fully saturated rings. The average molecular weight is 277 g/mol. The first-order valence-corrected chi connectivity index (χ1v) is 6.85. The maximum atomic E-state index is 11.2. The van der Waals surface area contributed by atoms with Gasteiger partial charge in [-0.3, -0.25) is 0 Å². The Balaban J connectivity index is 2.51. The van der Waals surface area contributed by atoms with E-state index in [-0.39, 0.29) is 5.69 Å². The minimum atomic E-state index is -0.971. The number of thiazole rings is 1. The van der Waals surface area contributed by atoms with Gasteiger partial charge in [-0.25, -0.2) is 9.78 Å². The van der Waals surface area contributed by atoms with Gasteiger partial charge in [0.15, 0.2) is 5.69 Å². The van der Waals surface area contributed by atoms with Crippen molar-refractivity contribution in [3.8, 4) is 16.3 Å². The Bertz CT molecular complexity index is 592. The van der Waals surface area contributed by atoms with E-state index < -0.39 is 5.97 Å². The number of carboxylic acid groups (broad SMARTS) is 1. The molecule has 4 nitrogen and oxygen atoms in total. The number of rotatable bonds is 5. The topological polar surface area (TPSA) is 59.4 Å². The number of aromatic carboxylic acids is 1. The predicted molar refractivity (Wildman–Crippen MR) is 75.1 cm³/mol. The van der Waals surface area contributed by atoms with Crippen LogP contribution in [0.3, 0.4) is 0 Å². The van der Waals surface area contributed by atoms with Crippen LogP contribution in [0.25, 0.3) is 10.6 Å². The summed E-state index contributed by atoms with van der Waals surface area (Å²) in [5.74, 6) is -0.267. The first kappa shape index (κ1) is 13.5. The first-order valence-electron chi connectivity index (χ1n) is 6.03. The predicted octanol–water partition coefficient (Wildman–Crippen LogP) is 3.47. The number of nitrogens with zero attached hydrogens (tertiary/aromatic N) is 1. The van der Waals surface area contributed by atoms with Crippen molar-refractivity contribution < 1.29 is 14.6 Å². The van der Waals surface area contributed by atoms with Gasteiger partial charge in [0, 0.05) is 4.88 Å². The molecular formula is C14H15NO3S. The highest BCUT2D eigenvalue weighted by Crippen LogP contribution is 2.34. The van der Waals surface area contributed by atoms with E-state index in [9.17, 15) is 9.90 Å². The highest BCUT2D eigenvalue weighted by Gasteiger charge is 2.19. The molecule has 0 aliphatic heterocycles. The Morgan fingerprint density at radius 2 is 2.16 bits per heavy atom. The molecule has 2 aromatic rings. The van der Waals surface area contributed by atoms with Crippen molar-refractivity contribution in [2.45, 2.75) is 19.8 Å². The summed E-state index contributed by atoms with van der Waals surface area (Å²) in [6.45, 7) is 2.02. The van der Waals surface area contributed by atoms with E-state index in [1.54, 1.807) is 7.11 Å². The molecule has 0 saturated heterocycles. The second-order valence-corrected chi connectivity index (χ2v) is 5.13. The standard InChI is InChI=1S/C14H15NO3S/c1-3-6-11-12(14(16)17)15-13(19-11)9-7-4-5-8-10(9)18-2/h4-5,7-8H,3,6H2,1-2H3,(H,16,17). The van der Waals surface area contributed by atoms with Crippen LogP contribution in [-0.4, -0.2) is 23.2 Å². The van der Waals surface area contributed by atoms with Crippen LogP contribution in [0.15, 0.2) is 24.3 Å². The molecule has 0 spiro atoms. The molecule has 0 bridgehead atoms. The number of hydrogen-bond acceptors (Lipinski definition) is 4. The summed E-state index contributed by atoms with van der Waals surface area (Å²) in [5.41, 5.74) is 0.993. The third-order valence-electron chi connectivity index (χ3n) is 2.71. The molecule has 1 N–H and O–H groups in total. The Morgan fingerprint density at radius 3 is 2.79 bits per heavy atom. The Hall–Kier alpha value is -1.88. The molecule has 1 aromatic carbocycles. The van der Waals surface area contributed by atoms with Crippen molar-refractivity contribution >= 4 is 17.3 Å². The van der Waals surface area contributed by atoms with E-state index in [1.807, 2.05) is 31.2 Å². The summed E-state index contributed by atoms with van der Waals surface area (Å²) in [7, 11) is 1.59. The summed E-state index contributed by atoms with van der Waals surface area (Å²) in [6, 6.07) is 7.50. The third kappa shape index (κ3) is 2.76. The van der Waals surface area contributed by atoms with Crippen LogP contribution in [0.5, 0.6) is 5.75 Å². The van der Waals surface area contributed by atoms with Gasteiger partial charge in [-0.2, -0.15) is 0 Å². The minimum Gasteiger partial charge on any atom is -0.496 e. The number of carbonyl (C=O) groups is 1. The van der Waals surface area contributed by atoms with Crippen LogP contribution in [-0.2, 0) is 6.42 Å². The zero-order chi connectivity index (χ0) is 13.8. The molecule has 0 unspecified atom stereocenters. The Morgan fingerprint density at radius 1 is 1.42 bits per heavy atom. The fourth-order valence-corrected chi connectivity index (χ4v) is 3.04. The van der Waals surface area contributed by atoms with Crippen LogP contribution >= 0.6 is 11.3 Å². The van der Waals surface area contributed by atoms with Crippen molar-refractivity contribution in [1.82, 2.24) is 4.98 Å². The average Bonchev–Trinajstić information content (AvgIpc) is 2.83. The largest absolute Gasteiger partial charge is 0.496 e. The van der Waals surface area contributed by atoms with Gasteiger partial charge in [0.25, 0.3) is 0 Å². The lowest BCUT2D eigenvalue weighted by Crippen LogP contribution is -2.00. The fourth-order valence-electron chi connectivity index (χ4n) is 1.85. The molecule has 1 aromatic heterocycles. The van der Waals surface area contributed by atoms with E-state index in [4.69, 9.17) is 4.74 Å². The summed E-state index contributed by atoms with van der Waals surface area (Å²) in [6.07, 6.45) is 1.63. The number of hydrogen-bond donors (Lipinski definition) is 1. The highest BCUT2D eigenvalue weighted by molar-refractivity contribution is 7.15. The lowest BCUT2D eigenvalue weighted by atomic mass is 10.2. The van der Waals surface area contributed by atoms with Crippen LogP contribution in [0.2, 0.25) is 0 Å². The summed E-state index contributed by atoms with van der Waals surface area (Å²) < 4.78 is 5.29. The Kier molecular flexibility index (Phi) is 4.16. The van der Waals surface area contributed by atoms with Gasteiger partial charge in [0.2, 0.25) is 0 Å². The lowest BCUT2D eigenvalue weighted by Gasteiger charge is -2.04. The van der Waals surface area contributed by atoms with Gasteiger partial charge < -0.3 is 9.84 Å². The minimum absolute atomic E-state index is 0.160. The van der Waals surface area contributed by atoms with Gasteiger partial charge in [-0.1, -0.05) is 25.5 Å². The quantitative estimate of drug-likeness (QED) is 0.909. The van der Waals surface area contributed by atoms with Crippen molar-refractivity contribution in [3.05, 3.63) is 34.8 Å². The van der Waals surface area contributed by atoms with Crippen molar-refractivity contribution in [1.29, 1.82) is 0 Å². The number of aromatic nitrogens is 1. The summed E-state index contributed by atoms with van der Waals surface area (Å²) >= 11 is 1.42. The molecule has 0 radical (unpaired) electrons. The molecule has 5 heteroatoms. The van der Waals surface area contributed by atoms with Gasteiger partial charge in [-0.15, -0.1) is 11.3 Å². The zero-order valence-electron chi connectivity index (χ0n) is 10.8. The van der Waals surface area contributed by atoms with Crippen LogP contribution < -0.4 is 4.74 Å². The van der Waals surface area contributed by atoms with Gasteiger partial charge >= 0.3 is 5.97 Å². The number of para-hydroxylation sites is 1. The molecule has 0 saturated carbocycles. The molecule has 0 aliphatic carbocycles. The van der Waals surface area contributed by atoms with Crippen molar-refractivity contribution in [2.24, 2.45) is 0 Å². The molecular weight excluding hydrogens is 262 g/mol. The smallest absolute Gasteiger partial charge is 0.355 e. The molecule has 19 heavy (non-hydrogen) atoms. The second-order valence-electron chi connectivity index (χ2n) is 4.05. The summed E-state index contributed by atoms with van der Waals surface area (Å²) in [5, 5.41) is 9.88. The van der Waals surface area contributed by atoms with Gasteiger partial charge in [0.1, 0.15) is 10.8 Å². The fraction of sp³-hybridized carbons (Fsp3) is 0.286. The molecule has 0 atom stereocenters. The highest BCUT2D eigenvalue weighted by atomic mass is 32.1. The first-order chi connectivity index (χ1) is 9.17. The molecule has 1 heterocycles. The van der Waals surface area contributed by atoms with Gasteiger partial charge in [-0.05, 0) is 18.6 Å². The van der Waals surface area contributed by atoms with E-state index in [0.29, 0.717) is 10.8 Å². The number of carboxylic acids is 1. The molecule has 0 aliphatic rings. The van der Waals surface area contributed by atoms with Crippen LogP contribution in [0.1, 0.15) is 28.7 Å². The van der Waals surface area contributed by atoms with E-state index in [0.717, 1.165) is 23.3 Å². The van der Waals surface area contributed by atoms with Crippen molar-refractivity contribution in [3.63, 3.8) is 0 Å². The van der Waals surface area contributed by atoms with Crippen molar-refractivity contribution in [2.75, 3.05) is 7.11 Å². The Labute approximate surface area is 115 Å². The zero-order valence-corrected chi connectivity index (χ0v) is 11.7. The normalized spacial score (nSPS) is 10.4. The number of methoxy groups -OCH3 is 1. The van der Waals surface area contributed by atoms with E-state index in [1.165, 1.54) is 11.3 Å². The molecule has 100 valence electrons. The van der Waals surface area contributed by atoms with Crippen LogP contribution in [0.4, 0.5) is 0 Å². The number of aryl methyl sites for hydroxylation is 1. The number of ether oxygens (including phenoxy) is 1. The van der Waals surface area contributed by atoms with Gasteiger partial charge in [0.05, 0.1) is 12.7 Å². The maximum absolute atomic E-state index is 11.2. The van der Waals surface area contributed by atoms with E-state index in [2.05, 4.69) is 4.98 Å². The lowest BCUT2D eigenvalue weighted by molar-refractivity contribution is 0.0690.